The van der Waals surface area contributed by atoms with Gasteiger partial charge in [-0.05, 0) is 23.8 Å². The van der Waals surface area contributed by atoms with E-state index in [0.29, 0.717) is 11.3 Å². The summed E-state index contributed by atoms with van der Waals surface area (Å²) in [6.45, 7) is 0.385. The van der Waals surface area contributed by atoms with Crippen LogP contribution < -0.4 is 10.1 Å². The fourth-order valence-electron chi connectivity index (χ4n) is 2.03. The molecule has 0 heterocycles. The molecule has 0 saturated heterocycles. The predicted molar refractivity (Wildman–Crippen MR) is 85.9 cm³/mol. The van der Waals surface area contributed by atoms with Gasteiger partial charge in [0.15, 0.2) is 0 Å². The van der Waals surface area contributed by atoms with Crippen molar-refractivity contribution in [3.63, 3.8) is 0 Å². The minimum absolute atomic E-state index is 0.0567. The number of carbonyl (C=O) groups excluding carboxylic acids is 1. The molecular weight excluding hydrogens is 313 g/mol. The molecule has 0 aromatic heterocycles. The van der Waals surface area contributed by atoms with E-state index in [1.807, 2.05) is 6.07 Å². The first kappa shape index (κ1) is 17.5. The predicted octanol–water partition coefficient (Wildman–Crippen LogP) is 2.89. The van der Waals surface area contributed by atoms with E-state index in [1.165, 1.54) is 6.07 Å². The summed E-state index contributed by atoms with van der Waals surface area (Å²) in [5, 5.41) is 11.2. The average molecular weight is 331 g/mol. The summed E-state index contributed by atoms with van der Waals surface area (Å²) in [5.41, 5.74) is 1.27. The van der Waals surface area contributed by atoms with E-state index < -0.39 is 5.97 Å². The van der Waals surface area contributed by atoms with E-state index >= 15 is 0 Å². The van der Waals surface area contributed by atoms with E-state index in [0.717, 1.165) is 5.56 Å². The van der Waals surface area contributed by atoms with Gasteiger partial charge in [-0.15, -0.1) is 0 Å². The zero-order valence-corrected chi connectivity index (χ0v) is 13.0. The Hall–Kier alpha value is -2.89. The molecule has 0 saturated carbocycles. The van der Waals surface area contributed by atoms with Crippen molar-refractivity contribution < 1.29 is 23.8 Å². The smallest absolute Gasteiger partial charge is 0.303 e. The zero-order chi connectivity index (χ0) is 17.4. The summed E-state index contributed by atoms with van der Waals surface area (Å²) in [6.07, 6.45) is -0.254. The second kappa shape index (κ2) is 8.67. The number of carboxylic acid groups (broad SMARTS) is 1. The van der Waals surface area contributed by atoms with Crippen molar-refractivity contribution in [2.75, 3.05) is 0 Å². The second-order valence-electron chi connectivity index (χ2n) is 5.20. The lowest BCUT2D eigenvalue weighted by molar-refractivity contribution is -0.138. The van der Waals surface area contributed by atoms with Crippen LogP contribution >= 0.6 is 0 Å². The number of carboxylic acids is 1. The summed E-state index contributed by atoms with van der Waals surface area (Å²) in [5.74, 6) is -1.08. The van der Waals surface area contributed by atoms with Gasteiger partial charge in [0.05, 0.1) is 6.42 Å². The highest BCUT2D eigenvalue weighted by Crippen LogP contribution is 2.16. The van der Waals surface area contributed by atoms with Gasteiger partial charge < -0.3 is 15.2 Å². The molecule has 0 radical (unpaired) electrons. The largest absolute Gasteiger partial charge is 0.489 e. The van der Waals surface area contributed by atoms with E-state index in [-0.39, 0.29) is 37.7 Å². The van der Waals surface area contributed by atoms with Crippen molar-refractivity contribution in [2.24, 2.45) is 0 Å². The van der Waals surface area contributed by atoms with Crippen LogP contribution in [0.4, 0.5) is 4.39 Å². The van der Waals surface area contributed by atoms with Gasteiger partial charge in [0.2, 0.25) is 5.91 Å². The van der Waals surface area contributed by atoms with Gasteiger partial charge in [0.1, 0.15) is 18.2 Å². The van der Waals surface area contributed by atoms with Crippen molar-refractivity contribution in [3.8, 4) is 5.75 Å². The van der Waals surface area contributed by atoms with Gasteiger partial charge in [-0.25, -0.2) is 4.39 Å². The maximum absolute atomic E-state index is 13.5. The van der Waals surface area contributed by atoms with Crippen molar-refractivity contribution >= 4 is 11.9 Å². The lowest BCUT2D eigenvalue weighted by Gasteiger charge is -2.09. The van der Waals surface area contributed by atoms with Gasteiger partial charge >= 0.3 is 5.97 Å². The van der Waals surface area contributed by atoms with Gasteiger partial charge in [-0.1, -0.05) is 30.3 Å². The van der Waals surface area contributed by atoms with Crippen LogP contribution in [-0.4, -0.2) is 17.0 Å². The van der Waals surface area contributed by atoms with Crippen molar-refractivity contribution in [2.45, 2.75) is 26.0 Å². The van der Waals surface area contributed by atoms with E-state index in [4.69, 9.17) is 9.84 Å². The van der Waals surface area contributed by atoms with Crippen molar-refractivity contribution in [1.82, 2.24) is 5.32 Å². The van der Waals surface area contributed by atoms with Crippen LogP contribution in [0.2, 0.25) is 0 Å². The van der Waals surface area contributed by atoms with Crippen LogP contribution in [0, 0.1) is 5.82 Å². The molecule has 0 fully saturated rings. The second-order valence-corrected chi connectivity index (χ2v) is 5.20. The number of benzene rings is 2. The van der Waals surface area contributed by atoms with Crippen LogP contribution in [0.5, 0.6) is 5.75 Å². The van der Waals surface area contributed by atoms with Gasteiger partial charge in [-0.2, -0.15) is 0 Å². The van der Waals surface area contributed by atoms with Crippen molar-refractivity contribution in [3.05, 3.63) is 65.5 Å². The van der Waals surface area contributed by atoms with Gasteiger partial charge in [0.25, 0.3) is 0 Å². The fourth-order valence-corrected chi connectivity index (χ4v) is 2.03. The summed E-state index contributed by atoms with van der Waals surface area (Å²) in [4.78, 5) is 21.9. The van der Waals surface area contributed by atoms with Gasteiger partial charge in [0, 0.05) is 18.5 Å². The molecule has 1 amide bonds. The molecule has 126 valence electrons. The lowest BCUT2D eigenvalue weighted by atomic mass is 10.2. The molecule has 0 aliphatic rings. The monoisotopic (exact) mass is 331 g/mol. The minimum atomic E-state index is -1.01. The van der Waals surface area contributed by atoms with Crippen LogP contribution in [0.25, 0.3) is 0 Å². The quantitative estimate of drug-likeness (QED) is 0.780. The Balaban J connectivity index is 1.86. The molecule has 0 aliphatic carbocycles. The lowest BCUT2D eigenvalue weighted by Crippen LogP contribution is -2.23. The van der Waals surface area contributed by atoms with E-state index in [2.05, 4.69) is 5.32 Å². The van der Waals surface area contributed by atoms with E-state index in [1.54, 1.807) is 36.4 Å². The van der Waals surface area contributed by atoms with Crippen LogP contribution in [0.15, 0.2) is 48.5 Å². The summed E-state index contributed by atoms with van der Waals surface area (Å²) in [6, 6.07) is 13.5. The molecule has 6 heteroatoms. The highest BCUT2D eigenvalue weighted by molar-refractivity contribution is 5.80. The Labute approximate surface area is 139 Å². The molecule has 24 heavy (non-hydrogen) atoms. The number of rotatable bonds is 8. The van der Waals surface area contributed by atoms with Crippen LogP contribution in [0.1, 0.15) is 24.0 Å². The Morgan fingerprint density at radius 2 is 1.88 bits per heavy atom. The van der Waals surface area contributed by atoms with Crippen molar-refractivity contribution in [1.29, 1.82) is 0 Å². The van der Waals surface area contributed by atoms with E-state index in [9.17, 15) is 14.0 Å². The fraction of sp³-hybridized carbons (Fsp3) is 0.222. The van der Waals surface area contributed by atoms with Crippen LogP contribution in [0.3, 0.4) is 0 Å². The zero-order valence-electron chi connectivity index (χ0n) is 13.0. The maximum atomic E-state index is 13.5. The number of amides is 1. The molecule has 0 unspecified atom stereocenters. The number of ether oxygens (including phenoxy) is 1. The first-order valence-corrected chi connectivity index (χ1v) is 7.48. The number of hydrogen-bond donors (Lipinski definition) is 2. The third kappa shape index (κ3) is 5.72. The number of hydrogen-bond acceptors (Lipinski definition) is 3. The Morgan fingerprint density at radius 1 is 1.08 bits per heavy atom. The highest BCUT2D eigenvalue weighted by atomic mass is 19.1. The first-order chi connectivity index (χ1) is 11.5. The third-order valence-corrected chi connectivity index (χ3v) is 3.31. The number of carbonyl (C=O) groups is 2. The average Bonchev–Trinajstić information content (AvgIpc) is 2.58. The molecule has 2 rings (SSSR count). The number of aliphatic carboxylic acids is 1. The first-order valence-electron chi connectivity index (χ1n) is 7.48. The Kier molecular flexibility index (Phi) is 6.31. The number of nitrogens with one attached hydrogen (secondary N) is 1. The molecule has 2 aromatic rings. The molecule has 0 aliphatic heterocycles. The molecule has 5 nitrogen and oxygen atoms in total. The Bertz CT molecular complexity index is 718. The van der Waals surface area contributed by atoms with Gasteiger partial charge in [-0.3, -0.25) is 9.59 Å². The topological polar surface area (TPSA) is 75.6 Å². The normalized spacial score (nSPS) is 10.2. The minimum Gasteiger partial charge on any atom is -0.489 e. The Morgan fingerprint density at radius 3 is 2.62 bits per heavy atom. The third-order valence-electron chi connectivity index (χ3n) is 3.31. The molecule has 2 aromatic carbocycles. The van der Waals surface area contributed by atoms with Crippen LogP contribution in [-0.2, 0) is 22.7 Å². The maximum Gasteiger partial charge on any atom is 0.303 e. The highest BCUT2D eigenvalue weighted by Gasteiger charge is 2.06. The molecular formula is C18H18FNO4. The summed E-state index contributed by atoms with van der Waals surface area (Å²) >= 11 is 0. The molecule has 2 N–H and O–H groups in total. The SMILES string of the molecule is O=C(O)CCC(=O)NCc1cccc(OCc2ccccc2F)c1. The standard InChI is InChI=1S/C18H18FNO4/c19-16-7-2-1-5-14(16)12-24-15-6-3-4-13(10-15)11-20-17(21)8-9-18(22)23/h1-7,10H,8-9,11-12H2,(H,20,21)(H,22,23). The molecule has 0 bridgehead atoms. The molecule has 0 atom stereocenters. The summed E-state index contributed by atoms with van der Waals surface area (Å²) < 4.78 is 19.1. The number of halogens is 1. The molecule has 0 spiro atoms. The summed E-state index contributed by atoms with van der Waals surface area (Å²) in [7, 11) is 0.